The van der Waals surface area contributed by atoms with E-state index in [9.17, 15) is 14.9 Å². The Bertz CT molecular complexity index is 717. The van der Waals surface area contributed by atoms with Gasteiger partial charge in [0.05, 0.1) is 18.1 Å². The van der Waals surface area contributed by atoms with Crippen LogP contribution in [0.3, 0.4) is 0 Å². The van der Waals surface area contributed by atoms with Crippen LogP contribution >= 0.6 is 11.6 Å². The van der Waals surface area contributed by atoms with Crippen LogP contribution < -0.4 is 10.1 Å². The van der Waals surface area contributed by atoms with E-state index in [1.807, 2.05) is 12.1 Å². The average molecular weight is 335 g/mol. The Kier molecular flexibility index (Phi) is 5.54. The van der Waals surface area contributed by atoms with Gasteiger partial charge in [-0.1, -0.05) is 23.7 Å². The molecule has 1 amide bonds. The minimum absolute atomic E-state index is 0.150. The molecule has 0 atom stereocenters. The summed E-state index contributed by atoms with van der Waals surface area (Å²) in [4.78, 5) is 22.5. The van der Waals surface area contributed by atoms with Crippen LogP contribution in [0.1, 0.15) is 12.0 Å². The highest BCUT2D eigenvalue weighted by atomic mass is 35.5. The molecule has 0 aliphatic rings. The van der Waals surface area contributed by atoms with Gasteiger partial charge in [-0.25, -0.2) is 0 Å². The monoisotopic (exact) mass is 334 g/mol. The molecule has 0 aliphatic heterocycles. The molecule has 0 saturated heterocycles. The first-order valence-electron chi connectivity index (χ1n) is 6.86. The molecule has 0 aromatic heterocycles. The van der Waals surface area contributed by atoms with E-state index in [1.54, 1.807) is 18.2 Å². The number of halogens is 1. The number of nitro benzene ring substituents is 1. The molecule has 6 nitrogen and oxygen atoms in total. The molecule has 0 heterocycles. The smallest absolute Gasteiger partial charge is 0.296 e. The van der Waals surface area contributed by atoms with Gasteiger partial charge in [-0.05, 0) is 36.2 Å². The number of methoxy groups -OCH3 is 1. The van der Waals surface area contributed by atoms with E-state index in [-0.39, 0.29) is 23.7 Å². The zero-order valence-electron chi connectivity index (χ0n) is 12.4. The largest absolute Gasteiger partial charge is 0.496 e. The summed E-state index contributed by atoms with van der Waals surface area (Å²) in [5.74, 6) is 0.0593. The number of benzene rings is 2. The average Bonchev–Trinajstić information content (AvgIpc) is 2.54. The van der Waals surface area contributed by atoms with Gasteiger partial charge < -0.3 is 10.1 Å². The summed E-state index contributed by atoms with van der Waals surface area (Å²) in [6.07, 6.45) is 0.734. The summed E-state index contributed by atoms with van der Waals surface area (Å²) in [5.41, 5.74) is 0.912. The Morgan fingerprint density at radius 1 is 1.26 bits per heavy atom. The van der Waals surface area contributed by atoms with Crippen molar-refractivity contribution in [1.29, 1.82) is 0 Å². The third-order valence-electron chi connectivity index (χ3n) is 3.23. The Hall–Kier alpha value is -2.60. The van der Waals surface area contributed by atoms with E-state index < -0.39 is 4.92 Å². The summed E-state index contributed by atoms with van der Waals surface area (Å²) in [6, 6.07) is 11.5. The van der Waals surface area contributed by atoms with Gasteiger partial charge in [-0.2, -0.15) is 0 Å². The van der Waals surface area contributed by atoms with Crippen molar-refractivity contribution in [2.75, 3.05) is 12.4 Å². The van der Waals surface area contributed by atoms with Crippen LogP contribution in [0.2, 0.25) is 5.02 Å². The molecule has 1 N–H and O–H groups in total. The lowest BCUT2D eigenvalue weighted by Gasteiger charge is -2.07. The molecule has 2 aromatic rings. The number of carbonyl (C=O) groups is 1. The maximum Gasteiger partial charge on any atom is 0.296 e. The highest BCUT2D eigenvalue weighted by molar-refractivity contribution is 6.30. The fourth-order valence-electron chi connectivity index (χ4n) is 2.02. The quantitative estimate of drug-likeness (QED) is 0.643. The van der Waals surface area contributed by atoms with Crippen molar-refractivity contribution in [3.63, 3.8) is 0 Å². The molecule has 2 rings (SSSR count). The van der Waals surface area contributed by atoms with Gasteiger partial charge in [-0.15, -0.1) is 0 Å². The Morgan fingerprint density at radius 3 is 2.57 bits per heavy atom. The third kappa shape index (κ3) is 4.69. The van der Waals surface area contributed by atoms with Crippen LogP contribution in [0.25, 0.3) is 0 Å². The van der Waals surface area contributed by atoms with Gasteiger partial charge in [0.25, 0.3) is 5.69 Å². The minimum Gasteiger partial charge on any atom is -0.496 e. The van der Waals surface area contributed by atoms with E-state index >= 15 is 0 Å². The van der Waals surface area contributed by atoms with Crippen molar-refractivity contribution in [2.45, 2.75) is 12.8 Å². The minimum atomic E-state index is -0.558. The van der Waals surface area contributed by atoms with Gasteiger partial charge >= 0.3 is 0 Å². The van der Waals surface area contributed by atoms with E-state index in [2.05, 4.69) is 5.32 Å². The number of rotatable bonds is 6. The van der Waals surface area contributed by atoms with Crippen molar-refractivity contribution < 1.29 is 14.5 Å². The topological polar surface area (TPSA) is 81.5 Å². The number of amides is 1. The summed E-state index contributed by atoms with van der Waals surface area (Å²) in [7, 11) is 1.42. The molecule has 0 spiro atoms. The number of nitrogens with one attached hydrogen (secondary N) is 1. The predicted octanol–water partition coefficient (Wildman–Crippen LogP) is 3.83. The predicted molar refractivity (Wildman–Crippen MR) is 88.1 cm³/mol. The number of hydrogen-bond acceptors (Lipinski definition) is 4. The fraction of sp³-hybridized carbons (Fsp3) is 0.188. The lowest BCUT2D eigenvalue weighted by Crippen LogP contribution is -2.13. The van der Waals surface area contributed by atoms with Gasteiger partial charge in [0.2, 0.25) is 5.91 Å². The van der Waals surface area contributed by atoms with Gasteiger partial charge in [0.1, 0.15) is 11.4 Å². The van der Waals surface area contributed by atoms with Crippen LogP contribution in [0, 0.1) is 10.1 Å². The second kappa shape index (κ2) is 7.60. The van der Waals surface area contributed by atoms with Gasteiger partial charge in [0.15, 0.2) is 0 Å². The number of carbonyl (C=O) groups excluding carboxylic acids is 1. The highest BCUT2D eigenvalue weighted by Gasteiger charge is 2.17. The molecule has 120 valence electrons. The molecule has 7 heteroatoms. The van der Waals surface area contributed by atoms with Crippen LogP contribution in [0.5, 0.6) is 5.75 Å². The number of hydrogen-bond donors (Lipinski definition) is 1. The van der Waals surface area contributed by atoms with Gasteiger partial charge in [0, 0.05) is 11.4 Å². The second-order valence-corrected chi connectivity index (χ2v) is 5.25. The zero-order chi connectivity index (χ0) is 16.8. The van der Waals surface area contributed by atoms with Crippen molar-refractivity contribution in [1.82, 2.24) is 0 Å². The standard InChI is InChI=1S/C16H15ClN2O4/c1-23-13-7-8-14(15(10-13)19(21)22)18-16(20)9-4-11-2-5-12(17)6-3-11/h2-3,5-8,10H,4,9H2,1H3,(H,18,20). The number of aryl methyl sites for hydroxylation is 1. The molecular weight excluding hydrogens is 320 g/mol. The lowest BCUT2D eigenvalue weighted by molar-refractivity contribution is -0.384. The maximum atomic E-state index is 12.0. The molecular formula is C16H15ClN2O4. The van der Waals surface area contributed by atoms with E-state index in [0.717, 1.165) is 5.56 Å². The molecule has 0 bridgehead atoms. The molecule has 0 aliphatic carbocycles. The van der Waals surface area contributed by atoms with Crippen molar-refractivity contribution in [3.8, 4) is 5.75 Å². The summed E-state index contributed by atoms with van der Waals surface area (Å²) in [6.45, 7) is 0. The van der Waals surface area contributed by atoms with E-state index in [1.165, 1.54) is 19.2 Å². The molecule has 0 saturated carbocycles. The Morgan fingerprint density at radius 2 is 1.96 bits per heavy atom. The van der Waals surface area contributed by atoms with Gasteiger partial charge in [-0.3, -0.25) is 14.9 Å². The van der Waals surface area contributed by atoms with Crippen LogP contribution in [-0.2, 0) is 11.2 Å². The summed E-state index contributed by atoms with van der Waals surface area (Å²) in [5, 5.41) is 14.3. The molecule has 23 heavy (non-hydrogen) atoms. The number of nitrogens with zero attached hydrogens (tertiary/aromatic N) is 1. The third-order valence-corrected chi connectivity index (χ3v) is 3.48. The normalized spacial score (nSPS) is 10.2. The molecule has 0 unspecified atom stereocenters. The van der Waals surface area contributed by atoms with Crippen molar-refractivity contribution in [3.05, 3.63) is 63.2 Å². The first-order chi connectivity index (χ1) is 11.0. The molecule has 0 fully saturated rings. The van der Waals surface area contributed by atoms with Crippen LogP contribution in [0.4, 0.5) is 11.4 Å². The maximum absolute atomic E-state index is 12.0. The van der Waals surface area contributed by atoms with Crippen molar-refractivity contribution >= 4 is 28.9 Å². The summed E-state index contributed by atoms with van der Waals surface area (Å²) < 4.78 is 4.95. The molecule has 0 radical (unpaired) electrons. The SMILES string of the molecule is COc1ccc(NC(=O)CCc2ccc(Cl)cc2)c([N+](=O)[O-])c1. The lowest BCUT2D eigenvalue weighted by atomic mass is 10.1. The molecule has 2 aromatic carbocycles. The zero-order valence-corrected chi connectivity index (χ0v) is 13.2. The van der Waals surface area contributed by atoms with Crippen LogP contribution in [-0.4, -0.2) is 17.9 Å². The Balaban J connectivity index is 2.02. The summed E-state index contributed by atoms with van der Waals surface area (Å²) >= 11 is 5.80. The highest BCUT2D eigenvalue weighted by Crippen LogP contribution is 2.29. The number of ether oxygens (including phenoxy) is 1. The second-order valence-electron chi connectivity index (χ2n) is 4.81. The number of anilines is 1. The first kappa shape index (κ1) is 16.8. The van der Waals surface area contributed by atoms with E-state index in [0.29, 0.717) is 17.2 Å². The number of nitro groups is 1. The van der Waals surface area contributed by atoms with Crippen molar-refractivity contribution in [2.24, 2.45) is 0 Å². The Labute approximate surface area is 138 Å². The fourth-order valence-corrected chi connectivity index (χ4v) is 2.14. The van der Waals surface area contributed by atoms with Crippen LogP contribution in [0.15, 0.2) is 42.5 Å². The first-order valence-corrected chi connectivity index (χ1v) is 7.24. The van der Waals surface area contributed by atoms with E-state index in [4.69, 9.17) is 16.3 Å².